The molecule has 0 bridgehead atoms. The van der Waals surface area contributed by atoms with E-state index in [1.165, 1.54) is 36.0 Å². The number of hydrogen-bond donors (Lipinski definition) is 2. The maximum Gasteiger partial charge on any atom is 0.270 e. The molecule has 2 amide bonds. The minimum Gasteiger partial charge on any atom is -0.324 e. The van der Waals surface area contributed by atoms with Crippen molar-refractivity contribution in [2.24, 2.45) is 0 Å². The van der Waals surface area contributed by atoms with E-state index < -0.39 is 10.8 Å². The fourth-order valence-electron chi connectivity index (χ4n) is 2.53. The highest BCUT2D eigenvalue weighted by Gasteiger charge is 2.12. The standard InChI is InChI=1S/C21H16ClN3O4S/c22-18-9-1-2-10-19(18)24-20(26)13-30-17-8-4-6-15(12-17)23-21(27)14-5-3-7-16(11-14)25(28)29/h1-12H,13H2,(H,23,27)(H,24,26). The van der Waals surface area contributed by atoms with Gasteiger partial charge in [0.25, 0.3) is 11.6 Å². The van der Waals surface area contributed by atoms with Gasteiger partial charge in [-0.15, -0.1) is 11.8 Å². The molecule has 0 heterocycles. The topological polar surface area (TPSA) is 101 Å². The second-order valence-corrected chi connectivity index (χ2v) is 7.56. The van der Waals surface area contributed by atoms with Gasteiger partial charge in [-0.25, -0.2) is 0 Å². The largest absolute Gasteiger partial charge is 0.324 e. The Bertz CT molecular complexity index is 1110. The number of amides is 2. The Morgan fingerprint density at radius 3 is 2.50 bits per heavy atom. The monoisotopic (exact) mass is 441 g/mol. The first-order valence-electron chi connectivity index (χ1n) is 8.75. The van der Waals surface area contributed by atoms with E-state index in [0.717, 1.165) is 4.90 Å². The first-order valence-corrected chi connectivity index (χ1v) is 10.1. The molecule has 0 radical (unpaired) electrons. The highest BCUT2D eigenvalue weighted by atomic mass is 35.5. The van der Waals surface area contributed by atoms with Gasteiger partial charge < -0.3 is 10.6 Å². The van der Waals surface area contributed by atoms with Crippen LogP contribution < -0.4 is 10.6 Å². The lowest BCUT2D eigenvalue weighted by Gasteiger charge is -2.09. The quantitative estimate of drug-likeness (QED) is 0.297. The van der Waals surface area contributed by atoms with Crippen molar-refractivity contribution in [3.8, 4) is 0 Å². The Labute approximate surface area is 181 Å². The highest BCUT2D eigenvalue weighted by Crippen LogP contribution is 2.24. The molecule has 3 aromatic rings. The number of halogens is 1. The molecule has 0 saturated carbocycles. The number of carbonyl (C=O) groups excluding carboxylic acids is 2. The van der Waals surface area contributed by atoms with E-state index in [9.17, 15) is 19.7 Å². The van der Waals surface area contributed by atoms with Crippen molar-refractivity contribution >= 4 is 52.2 Å². The van der Waals surface area contributed by atoms with E-state index in [1.807, 2.05) is 6.07 Å². The Morgan fingerprint density at radius 2 is 1.73 bits per heavy atom. The Morgan fingerprint density at radius 1 is 0.967 bits per heavy atom. The maximum atomic E-state index is 12.4. The number of non-ortho nitro benzene ring substituents is 1. The third kappa shape index (κ3) is 5.82. The molecule has 0 atom stereocenters. The summed E-state index contributed by atoms with van der Waals surface area (Å²) in [4.78, 5) is 35.6. The Kier molecular flexibility index (Phi) is 7.05. The van der Waals surface area contributed by atoms with Crippen molar-refractivity contribution in [2.45, 2.75) is 4.90 Å². The van der Waals surface area contributed by atoms with Crippen LogP contribution in [0.3, 0.4) is 0 Å². The first kappa shape index (κ1) is 21.4. The molecule has 9 heteroatoms. The molecule has 0 aliphatic heterocycles. The molecular formula is C21H16ClN3O4S. The van der Waals surface area contributed by atoms with Crippen LogP contribution in [0.1, 0.15) is 10.4 Å². The molecular weight excluding hydrogens is 426 g/mol. The summed E-state index contributed by atoms with van der Waals surface area (Å²) in [7, 11) is 0. The molecule has 3 rings (SSSR count). The predicted molar refractivity (Wildman–Crippen MR) is 118 cm³/mol. The van der Waals surface area contributed by atoms with Crippen LogP contribution in [0.25, 0.3) is 0 Å². The number of carbonyl (C=O) groups is 2. The van der Waals surface area contributed by atoms with Crippen molar-refractivity contribution in [1.82, 2.24) is 0 Å². The normalized spacial score (nSPS) is 10.3. The number of nitrogens with zero attached hydrogens (tertiary/aromatic N) is 1. The van der Waals surface area contributed by atoms with Crippen LogP contribution in [0.5, 0.6) is 0 Å². The zero-order chi connectivity index (χ0) is 21.5. The van der Waals surface area contributed by atoms with Gasteiger partial charge in [0.1, 0.15) is 0 Å². The van der Waals surface area contributed by atoms with Crippen molar-refractivity contribution < 1.29 is 14.5 Å². The number of benzene rings is 3. The molecule has 0 unspecified atom stereocenters. The lowest BCUT2D eigenvalue weighted by Crippen LogP contribution is -2.14. The Hall–Kier alpha value is -3.36. The van der Waals surface area contributed by atoms with Crippen molar-refractivity contribution in [2.75, 3.05) is 16.4 Å². The molecule has 152 valence electrons. The van der Waals surface area contributed by atoms with Gasteiger partial charge >= 0.3 is 0 Å². The van der Waals surface area contributed by atoms with Gasteiger partial charge in [0.2, 0.25) is 5.91 Å². The second kappa shape index (κ2) is 9.91. The fourth-order valence-corrected chi connectivity index (χ4v) is 3.46. The summed E-state index contributed by atoms with van der Waals surface area (Å²) in [6.45, 7) is 0. The zero-order valence-electron chi connectivity index (χ0n) is 15.5. The van der Waals surface area contributed by atoms with Gasteiger partial charge in [-0.1, -0.05) is 35.9 Å². The molecule has 7 nitrogen and oxygen atoms in total. The number of anilines is 2. The van der Waals surface area contributed by atoms with Crippen LogP contribution in [-0.2, 0) is 4.79 Å². The summed E-state index contributed by atoms with van der Waals surface area (Å²) >= 11 is 7.33. The van der Waals surface area contributed by atoms with Gasteiger partial charge in [-0.3, -0.25) is 19.7 Å². The molecule has 0 fully saturated rings. The summed E-state index contributed by atoms with van der Waals surface area (Å²) in [5, 5.41) is 16.8. The van der Waals surface area contributed by atoms with Gasteiger partial charge in [0.05, 0.1) is 21.4 Å². The first-order chi connectivity index (χ1) is 14.4. The third-order valence-electron chi connectivity index (χ3n) is 3.93. The number of rotatable bonds is 7. The van der Waals surface area contributed by atoms with Crippen LogP contribution in [0.2, 0.25) is 5.02 Å². The molecule has 0 saturated heterocycles. The molecule has 2 N–H and O–H groups in total. The van der Waals surface area contributed by atoms with Crippen LogP contribution in [0.15, 0.2) is 77.7 Å². The minimum atomic E-state index is -0.554. The van der Waals surface area contributed by atoms with E-state index in [-0.39, 0.29) is 22.9 Å². The summed E-state index contributed by atoms with van der Waals surface area (Å²) in [5.74, 6) is -0.510. The number of hydrogen-bond acceptors (Lipinski definition) is 5. The number of nitro benzene ring substituents is 1. The average Bonchev–Trinajstić information content (AvgIpc) is 2.74. The lowest BCUT2D eigenvalue weighted by molar-refractivity contribution is -0.384. The Balaban J connectivity index is 1.60. The third-order valence-corrected chi connectivity index (χ3v) is 5.25. The molecule has 0 aromatic heterocycles. The molecule has 0 aliphatic carbocycles. The van der Waals surface area contributed by atoms with Crippen LogP contribution in [0.4, 0.5) is 17.1 Å². The predicted octanol–water partition coefficient (Wildman–Crippen LogP) is 5.23. The fraction of sp³-hybridized carbons (Fsp3) is 0.0476. The van der Waals surface area contributed by atoms with E-state index in [4.69, 9.17) is 11.6 Å². The lowest BCUT2D eigenvalue weighted by atomic mass is 10.2. The van der Waals surface area contributed by atoms with E-state index in [1.54, 1.807) is 42.5 Å². The van der Waals surface area contributed by atoms with Crippen LogP contribution >= 0.6 is 23.4 Å². The average molecular weight is 442 g/mol. The van der Waals surface area contributed by atoms with Crippen molar-refractivity contribution in [3.05, 3.63) is 93.5 Å². The van der Waals surface area contributed by atoms with Crippen LogP contribution in [0, 0.1) is 10.1 Å². The number of nitrogens with one attached hydrogen (secondary N) is 2. The van der Waals surface area contributed by atoms with Crippen LogP contribution in [-0.4, -0.2) is 22.5 Å². The molecule has 3 aromatic carbocycles. The summed E-state index contributed by atoms with van der Waals surface area (Å²) in [6.07, 6.45) is 0. The number of para-hydroxylation sites is 1. The van der Waals surface area contributed by atoms with Gasteiger partial charge in [-0.2, -0.15) is 0 Å². The van der Waals surface area contributed by atoms with Gasteiger partial charge in [-0.05, 0) is 36.4 Å². The van der Waals surface area contributed by atoms with Gasteiger partial charge in [0, 0.05) is 28.3 Å². The molecule has 0 spiro atoms. The van der Waals surface area contributed by atoms with E-state index >= 15 is 0 Å². The summed E-state index contributed by atoms with van der Waals surface area (Å²) < 4.78 is 0. The summed E-state index contributed by atoms with van der Waals surface area (Å²) in [6, 6.07) is 19.4. The zero-order valence-corrected chi connectivity index (χ0v) is 17.1. The van der Waals surface area contributed by atoms with Crippen molar-refractivity contribution in [3.63, 3.8) is 0 Å². The molecule has 30 heavy (non-hydrogen) atoms. The number of thioether (sulfide) groups is 1. The SMILES string of the molecule is O=C(CSc1cccc(NC(=O)c2cccc([N+](=O)[O-])c2)c1)Nc1ccccc1Cl. The highest BCUT2D eigenvalue weighted by molar-refractivity contribution is 8.00. The van der Waals surface area contributed by atoms with Crippen molar-refractivity contribution in [1.29, 1.82) is 0 Å². The van der Waals surface area contributed by atoms with E-state index in [2.05, 4.69) is 10.6 Å². The molecule has 0 aliphatic rings. The maximum absolute atomic E-state index is 12.4. The minimum absolute atomic E-state index is 0.156. The van der Waals surface area contributed by atoms with Gasteiger partial charge in [0.15, 0.2) is 0 Å². The number of nitro groups is 1. The second-order valence-electron chi connectivity index (χ2n) is 6.11. The van der Waals surface area contributed by atoms with E-state index in [0.29, 0.717) is 16.4 Å². The smallest absolute Gasteiger partial charge is 0.270 e. The summed E-state index contributed by atoms with van der Waals surface area (Å²) in [5.41, 5.74) is 1.09.